The highest BCUT2D eigenvalue weighted by Crippen LogP contribution is 2.23. The highest BCUT2D eigenvalue weighted by atomic mass is 32.2. The minimum atomic E-state index is -3.84. The van der Waals surface area contributed by atoms with Crippen LogP contribution in [0.4, 0.5) is 0 Å². The third-order valence-corrected chi connectivity index (χ3v) is 2.92. The van der Waals surface area contributed by atoms with Gasteiger partial charge in [-0.25, -0.2) is 13.6 Å². The van der Waals surface area contributed by atoms with E-state index in [-0.39, 0.29) is 22.8 Å². The van der Waals surface area contributed by atoms with Crippen molar-refractivity contribution in [2.75, 3.05) is 7.11 Å². The van der Waals surface area contributed by atoms with Gasteiger partial charge in [-0.3, -0.25) is 4.79 Å². The lowest BCUT2D eigenvalue weighted by molar-refractivity contribution is -0.116. The van der Waals surface area contributed by atoms with E-state index in [4.69, 9.17) is 9.88 Å². The summed E-state index contributed by atoms with van der Waals surface area (Å²) >= 11 is 0. The van der Waals surface area contributed by atoms with E-state index in [2.05, 4.69) is 0 Å². The maximum atomic E-state index is 11.3. The molecule has 0 spiro atoms. The molecule has 0 fully saturated rings. The molecule has 0 radical (unpaired) electrons. The Balaban J connectivity index is 3.27. The fraction of sp³-hybridized carbons (Fsp3) is 0.300. The van der Waals surface area contributed by atoms with Crippen molar-refractivity contribution in [3.63, 3.8) is 0 Å². The summed E-state index contributed by atoms with van der Waals surface area (Å²) in [6, 6.07) is 4.47. The number of carbonyl (C=O) groups excluding carboxylic acids is 1. The number of nitrogens with two attached hydrogens (primary N) is 1. The van der Waals surface area contributed by atoms with Crippen molar-refractivity contribution in [1.82, 2.24) is 0 Å². The van der Waals surface area contributed by atoms with Crippen molar-refractivity contribution in [3.8, 4) is 5.75 Å². The molecule has 0 saturated heterocycles. The molecule has 0 aliphatic rings. The second kappa shape index (κ2) is 4.63. The maximum absolute atomic E-state index is 11.3. The minimum Gasteiger partial charge on any atom is -0.495 e. The molecule has 1 aromatic carbocycles. The zero-order valence-electron chi connectivity index (χ0n) is 9.06. The number of methoxy groups -OCH3 is 1. The Bertz CT molecular complexity index is 508. The van der Waals surface area contributed by atoms with Crippen LogP contribution in [0.1, 0.15) is 12.5 Å². The van der Waals surface area contributed by atoms with Crippen molar-refractivity contribution in [2.24, 2.45) is 5.14 Å². The number of hydrogen-bond donors (Lipinski definition) is 1. The minimum absolute atomic E-state index is 0.0504. The maximum Gasteiger partial charge on any atom is 0.241 e. The van der Waals surface area contributed by atoms with Gasteiger partial charge in [0.1, 0.15) is 16.4 Å². The SMILES string of the molecule is COc1ccc(CC(C)=O)cc1S(N)(=O)=O. The Morgan fingerprint density at radius 2 is 2.06 bits per heavy atom. The first-order valence-electron chi connectivity index (χ1n) is 4.53. The van der Waals surface area contributed by atoms with Gasteiger partial charge in [0, 0.05) is 6.42 Å². The van der Waals surface area contributed by atoms with Crippen LogP contribution in [0.5, 0.6) is 5.75 Å². The van der Waals surface area contributed by atoms with Gasteiger partial charge in [0.05, 0.1) is 7.11 Å². The van der Waals surface area contributed by atoms with E-state index in [1.54, 1.807) is 6.07 Å². The van der Waals surface area contributed by atoms with Gasteiger partial charge in [0.25, 0.3) is 0 Å². The number of Topliss-reactive ketones (excluding diaryl/α,β-unsaturated/α-hetero) is 1. The highest BCUT2D eigenvalue weighted by Gasteiger charge is 2.15. The fourth-order valence-electron chi connectivity index (χ4n) is 1.34. The van der Waals surface area contributed by atoms with Gasteiger partial charge < -0.3 is 4.74 Å². The summed E-state index contributed by atoms with van der Waals surface area (Å²) in [6.45, 7) is 1.43. The number of rotatable bonds is 4. The number of ether oxygens (including phenoxy) is 1. The summed E-state index contributed by atoms with van der Waals surface area (Å²) in [5, 5.41) is 5.04. The highest BCUT2D eigenvalue weighted by molar-refractivity contribution is 7.89. The molecule has 0 aliphatic heterocycles. The third-order valence-electron chi connectivity index (χ3n) is 1.99. The average Bonchev–Trinajstić information content (AvgIpc) is 2.15. The first-order valence-corrected chi connectivity index (χ1v) is 6.08. The van der Waals surface area contributed by atoms with Crippen LogP contribution in [-0.4, -0.2) is 21.3 Å². The second-order valence-electron chi connectivity index (χ2n) is 3.41. The quantitative estimate of drug-likeness (QED) is 0.833. The normalized spacial score (nSPS) is 11.2. The molecule has 6 heteroatoms. The number of carbonyl (C=O) groups is 1. The van der Waals surface area contributed by atoms with E-state index >= 15 is 0 Å². The van der Waals surface area contributed by atoms with Crippen LogP contribution >= 0.6 is 0 Å². The van der Waals surface area contributed by atoms with Crippen molar-refractivity contribution >= 4 is 15.8 Å². The monoisotopic (exact) mass is 243 g/mol. The van der Waals surface area contributed by atoms with Gasteiger partial charge in [0.15, 0.2) is 0 Å². The molecule has 0 bridgehead atoms. The standard InChI is InChI=1S/C10H13NO4S/c1-7(12)5-8-3-4-9(15-2)10(6-8)16(11,13)14/h3-4,6H,5H2,1-2H3,(H2,11,13,14). The Hall–Kier alpha value is -1.40. The lowest BCUT2D eigenvalue weighted by Crippen LogP contribution is -2.14. The number of benzene rings is 1. The molecule has 88 valence electrons. The van der Waals surface area contributed by atoms with Gasteiger partial charge >= 0.3 is 0 Å². The first kappa shape index (κ1) is 12.7. The van der Waals surface area contributed by atoms with E-state index in [1.165, 1.54) is 26.2 Å². The van der Waals surface area contributed by atoms with Crippen LogP contribution in [-0.2, 0) is 21.2 Å². The zero-order valence-corrected chi connectivity index (χ0v) is 9.87. The fourth-order valence-corrected chi connectivity index (χ4v) is 2.09. The third kappa shape index (κ3) is 3.04. The van der Waals surface area contributed by atoms with Crippen molar-refractivity contribution in [1.29, 1.82) is 0 Å². The molecular formula is C10H13NO4S. The number of sulfonamides is 1. The molecule has 2 N–H and O–H groups in total. The van der Waals surface area contributed by atoms with Gasteiger partial charge in [-0.05, 0) is 24.6 Å². The lowest BCUT2D eigenvalue weighted by Gasteiger charge is -2.08. The van der Waals surface area contributed by atoms with Gasteiger partial charge in [-0.1, -0.05) is 6.07 Å². The molecule has 1 aromatic rings. The van der Waals surface area contributed by atoms with Crippen LogP contribution in [0.2, 0.25) is 0 Å². The van der Waals surface area contributed by atoms with E-state index in [0.29, 0.717) is 5.56 Å². The zero-order chi connectivity index (χ0) is 12.3. The second-order valence-corrected chi connectivity index (χ2v) is 4.94. The molecule has 0 atom stereocenters. The number of primary sulfonamides is 1. The summed E-state index contributed by atoms with van der Waals surface area (Å²) < 4.78 is 27.4. The number of ketones is 1. The summed E-state index contributed by atoms with van der Waals surface area (Å²) in [5.74, 6) is 0.125. The van der Waals surface area contributed by atoms with Crippen molar-refractivity contribution < 1.29 is 17.9 Å². The predicted molar refractivity (Wildman–Crippen MR) is 58.8 cm³/mol. The molecule has 0 aliphatic carbocycles. The Morgan fingerprint density at radius 3 is 2.50 bits per heavy atom. The summed E-state index contributed by atoms with van der Waals surface area (Å²) in [7, 11) is -2.48. The Morgan fingerprint density at radius 1 is 1.44 bits per heavy atom. The molecule has 0 heterocycles. The summed E-state index contributed by atoms with van der Waals surface area (Å²) in [6.07, 6.45) is 0.173. The molecule has 5 nitrogen and oxygen atoms in total. The Kier molecular flexibility index (Phi) is 3.66. The topological polar surface area (TPSA) is 86.5 Å². The molecular weight excluding hydrogens is 230 g/mol. The van der Waals surface area contributed by atoms with Crippen molar-refractivity contribution in [3.05, 3.63) is 23.8 Å². The Labute approximate surface area is 94.3 Å². The van der Waals surface area contributed by atoms with Crippen LogP contribution < -0.4 is 9.88 Å². The molecule has 0 saturated carbocycles. The predicted octanol–water partition coefficient (Wildman–Crippen LogP) is 0.474. The van der Waals surface area contributed by atoms with Crippen LogP contribution in [0.25, 0.3) is 0 Å². The van der Waals surface area contributed by atoms with Gasteiger partial charge in [-0.2, -0.15) is 0 Å². The van der Waals surface area contributed by atoms with E-state index < -0.39 is 10.0 Å². The van der Waals surface area contributed by atoms with E-state index in [1.807, 2.05) is 0 Å². The van der Waals surface area contributed by atoms with E-state index in [9.17, 15) is 13.2 Å². The molecule has 0 unspecified atom stereocenters. The van der Waals surface area contributed by atoms with Gasteiger partial charge in [-0.15, -0.1) is 0 Å². The summed E-state index contributed by atoms with van der Waals surface area (Å²) in [4.78, 5) is 10.8. The molecule has 16 heavy (non-hydrogen) atoms. The molecule has 0 amide bonds. The molecule has 1 rings (SSSR count). The van der Waals surface area contributed by atoms with Crippen LogP contribution in [0, 0.1) is 0 Å². The average molecular weight is 243 g/mol. The van der Waals surface area contributed by atoms with Crippen molar-refractivity contribution in [2.45, 2.75) is 18.2 Å². The largest absolute Gasteiger partial charge is 0.495 e. The van der Waals surface area contributed by atoms with E-state index in [0.717, 1.165) is 0 Å². The summed E-state index contributed by atoms with van der Waals surface area (Å²) in [5.41, 5.74) is 0.595. The number of hydrogen-bond acceptors (Lipinski definition) is 4. The first-order chi connectivity index (χ1) is 7.34. The van der Waals surface area contributed by atoms with Crippen LogP contribution in [0.3, 0.4) is 0 Å². The van der Waals surface area contributed by atoms with Gasteiger partial charge in [0.2, 0.25) is 10.0 Å². The smallest absolute Gasteiger partial charge is 0.241 e. The van der Waals surface area contributed by atoms with Crippen LogP contribution in [0.15, 0.2) is 23.1 Å². The lowest BCUT2D eigenvalue weighted by atomic mass is 10.1. The molecule has 0 aromatic heterocycles.